The Hall–Kier alpha value is -2.94. The van der Waals surface area contributed by atoms with Crippen molar-refractivity contribution in [2.45, 2.75) is 13.3 Å². The summed E-state index contributed by atoms with van der Waals surface area (Å²) in [6, 6.07) is 16.0. The number of hydrogen-bond donors (Lipinski definition) is 1. The highest BCUT2D eigenvalue weighted by molar-refractivity contribution is 5.91. The second-order valence-corrected chi connectivity index (χ2v) is 6.19. The Morgan fingerprint density at radius 3 is 2.58 bits per heavy atom. The molecule has 2 N–H and O–H groups in total. The van der Waals surface area contributed by atoms with Gasteiger partial charge >= 0.3 is 0 Å². The molecule has 1 aromatic heterocycles. The molecule has 0 amide bonds. The van der Waals surface area contributed by atoms with Crippen molar-refractivity contribution in [2.75, 3.05) is 5.73 Å². The third-order valence-corrected chi connectivity index (χ3v) is 4.48. The first-order valence-electron chi connectivity index (χ1n) is 8.23. The Morgan fingerprint density at radius 2 is 1.79 bits per heavy atom. The summed E-state index contributed by atoms with van der Waals surface area (Å²) in [5.41, 5.74) is 12.5. The smallest absolute Gasteiger partial charge is 0.112 e. The van der Waals surface area contributed by atoms with Crippen LogP contribution >= 0.6 is 0 Å². The van der Waals surface area contributed by atoms with Gasteiger partial charge in [-0.25, -0.2) is 9.97 Å². The van der Waals surface area contributed by atoms with Crippen LogP contribution in [0.2, 0.25) is 0 Å². The van der Waals surface area contributed by atoms with E-state index in [1.807, 2.05) is 36.4 Å². The zero-order valence-corrected chi connectivity index (χ0v) is 13.6. The van der Waals surface area contributed by atoms with E-state index in [2.05, 4.69) is 37.3 Å². The SMILES string of the molecule is CC1CC=CC=C1c1nc2cccc(N)c2nc1-c1ccccc1. The molecule has 1 aliphatic carbocycles. The Bertz CT molecular complexity index is 955. The Labute approximate surface area is 141 Å². The largest absolute Gasteiger partial charge is 0.397 e. The number of anilines is 1. The number of hydrogen-bond acceptors (Lipinski definition) is 3. The molecule has 3 nitrogen and oxygen atoms in total. The summed E-state index contributed by atoms with van der Waals surface area (Å²) in [5, 5.41) is 0. The van der Waals surface area contributed by atoms with Crippen LogP contribution in [0.25, 0.3) is 27.9 Å². The highest BCUT2D eigenvalue weighted by Crippen LogP contribution is 2.35. The molecule has 1 unspecified atom stereocenters. The number of nitrogens with two attached hydrogens (primary N) is 1. The van der Waals surface area contributed by atoms with E-state index >= 15 is 0 Å². The van der Waals surface area contributed by atoms with Crippen LogP contribution in [0.4, 0.5) is 5.69 Å². The van der Waals surface area contributed by atoms with Crippen molar-refractivity contribution < 1.29 is 0 Å². The van der Waals surface area contributed by atoms with Crippen LogP contribution in [0.5, 0.6) is 0 Å². The fourth-order valence-corrected chi connectivity index (χ4v) is 3.16. The van der Waals surface area contributed by atoms with Crippen molar-refractivity contribution in [3.8, 4) is 11.3 Å². The molecule has 0 aliphatic heterocycles. The normalized spacial score (nSPS) is 17.0. The highest BCUT2D eigenvalue weighted by atomic mass is 14.9. The van der Waals surface area contributed by atoms with Gasteiger partial charge in [0.15, 0.2) is 0 Å². The third kappa shape index (κ3) is 2.48. The maximum Gasteiger partial charge on any atom is 0.112 e. The zero-order valence-electron chi connectivity index (χ0n) is 13.6. The maximum absolute atomic E-state index is 6.13. The third-order valence-electron chi connectivity index (χ3n) is 4.48. The molecule has 118 valence electrons. The van der Waals surface area contributed by atoms with Crippen molar-refractivity contribution in [1.82, 2.24) is 9.97 Å². The zero-order chi connectivity index (χ0) is 16.5. The second-order valence-electron chi connectivity index (χ2n) is 6.19. The van der Waals surface area contributed by atoms with E-state index in [4.69, 9.17) is 15.7 Å². The average Bonchev–Trinajstić information content (AvgIpc) is 2.62. The van der Waals surface area contributed by atoms with Gasteiger partial charge in [-0.1, -0.05) is 61.5 Å². The minimum absolute atomic E-state index is 0.422. The first-order valence-corrected chi connectivity index (χ1v) is 8.23. The summed E-state index contributed by atoms with van der Waals surface area (Å²) < 4.78 is 0. The lowest BCUT2D eigenvalue weighted by Gasteiger charge is -2.20. The van der Waals surface area contributed by atoms with E-state index in [0.717, 1.165) is 34.4 Å². The van der Waals surface area contributed by atoms with E-state index in [0.29, 0.717) is 11.6 Å². The predicted octanol–water partition coefficient (Wildman–Crippen LogP) is 4.86. The minimum atomic E-state index is 0.422. The summed E-state index contributed by atoms with van der Waals surface area (Å²) in [7, 11) is 0. The molecule has 3 heteroatoms. The fraction of sp³-hybridized carbons (Fsp3) is 0.143. The van der Waals surface area contributed by atoms with Gasteiger partial charge in [0.25, 0.3) is 0 Å². The van der Waals surface area contributed by atoms with Crippen LogP contribution in [-0.4, -0.2) is 9.97 Å². The first kappa shape index (κ1) is 14.6. The van der Waals surface area contributed by atoms with Gasteiger partial charge in [-0.3, -0.25) is 0 Å². The van der Waals surface area contributed by atoms with Gasteiger partial charge in [0.05, 0.1) is 22.6 Å². The monoisotopic (exact) mass is 313 g/mol. The predicted molar refractivity (Wildman–Crippen MR) is 100 cm³/mol. The number of allylic oxidation sites excluding steroid dienone is 4. The van der Waals surface area contributed by atoms with E-state index in [-0.39, 0.29) is 0 Å². The average molecular weight is 313 g/mol. The lowest BCUT2D eigenvalue weighted by Crippen LogP contribution is -2.07. The number of nitrogens with zero attached hydrogens (tertiary/aromatic N) is 2. The molecule has 1 heterocycles. The molecule has 3 aromatic rings. The molecule has 1 aliphatic rings. The number of rotatable bonds is 2. The van der Waals surface area contributed by atoms with Crippen molar-refractivity contribution in [3.63, 3.8) is 0 Å². The first-order chi connectivity index (χ1) is 11.7. The molecule has 0 radical (unpaired) electrons. The maximum atomic E-state index is 6.13. The van der Waals surface area contributed by atoms with Gasteiger partial charge < -0.3 is 5.73 Å². The molecular weight excluding hydrogens is 294 g/mol. The summed E-state index contributed by atoms with van der Waals surface area (Å²) >= 11 is 0. The van der Waals surface area contributed by atoms with Crippen LogP contribution in [0.1, 0.15) is 19.0 Å². The summed E-state index contributed by atoms with van der Waals surface area (Å²) in [6.45, 7) is 2.23. The van der Waals surface area contributed by atoms with Crippen molar-refractivity contribution in [1.29, 1.82) is 0 Å². The molecule has 0 spiro atoms. The van der Waals surface area contributed by atoms with Crippen molar-refractivity contribution >= 4 is 22.3 Å². The topological polar surface area (TPSA) is 51.8 Å². The molecule has 2 aromatic carbocycles. The van der Waals surface area contributed by atoms with Gasteiger partial charge in [-0.2, -0.15) is 0 Å². The number of fused-ring (bicyclic) bond motifs is 1. The number of nitrogen functional groups attached to an aromatic ring is 1. The molecule has 0 bridgehead atoms. The molecule has 4 rings (SSSR count). The van der Waals surface area contributed by atoms with Gasteiger partial charge in [-0.15, -0.1) is 0 Å². The van der Waals surface area contributed by atoms with Crippen LogP contribution in [0, 0.1) is 5.92 Å². The minimum Gasteiger partial charge on any atom is -0.397 e. The summed E-state index contributed by atoms with van der Waals surface area (Å²) in [5.74, 6) is 0.422. The summed E-state index contributed by atoms with van der Waals surface area (Å²) in [6.07, 6.45) is 7.48. The van der Waals surface area contributed by atoms with Crippen LogP contribution in [-0.2, 0) is 0 Å². The number of para-hydroxylation sites is 1. The van der Waals surface area contributed by atoms with Crippen molar-refractivity contribution in [2.24, 2.45) is 5.92 Å². The van der Waals surface area contributed by atoms with E-state index < -0.39 is 0 Å². The quantitative estimate of drug-likeness (QED) is 0.687. The van der Waals surface area contributed by atoms with Crippen LogP contribution in [0.3, 0.4) is 0 Å². The van der Waals surface area contributed by atoms with Gasteiger partial charge in [0.1, 0.15) is 5.52 Å². The van der Waals surface area contributed by atoms with Crippen LogP contribution < -0.4 is 5.73 Å². The van der Waals surface area contributed by atoms with Crippen molar-refractivity contribution in [3.05, 3.63) is 72.5 Å². The lowest BCUT2D eigenvalue weighted by atomic mass is 9.89. The Kier molecular flexibility index (Phi) is 3.62. The molecule has 1 atom stereocenters. The number of benzene rings is 2. The van der Waals surface area contributed by atoms with E-state index in [1.54, 1.807) is 0 Å². The Balaban J connectivity index is 2.03. The van der Waals surface area contributed by atoms with E-state index in [1.165, 1.54) is 5.57 Å². The number of aromatic nitrogens is 2. The molecule has 0 fully saturated rings. The summed E-state index contributed by atoms with van der Waals surface area (Å²) in [4.78, 5) is 9.84. The highest BCUT2D eigenvalue weighted by Gasteiger charge is 2.20. The molecule has 0 saturated carbocycles. The standard InChI is InChI=1S/C21H19N3/c1-14-8-5-6-11-16(14)20-19(15-9-3-2-4-10-15)24-21-17(22)12-7-13-18(21)23-20/h2-7,9-14H,8,22H2,1H3. The lowest BCUT2D eigenvalue weighted by molar-refractivity contribution is 0.754. The van der Waals surface area contributed by atoms with Crippen LogP contribution in [0.15, 0.2) is 66.8 Å². The second kappa shape index (κ2) is 5.93. The molecular formula is C21H19N3. The van der Waals surface area contributed by atoms with Gasteiger partial charge in [0, 0.05) is 5.56 Å². The van der Waals surface area contributed by atoms with Gasteiger partial charge in [-0.05, 0) is 30.0 Å². The Morgan fingerprint density at radius 1 is 0.958 bits per heavy atom. The fourth-order valence-electron chi connectivity index (χ4n) is 3.16. The van der Waals surface area contributed by atoms with E-state index in [9.17, 15) is 0 Å². The molecule has 0 saturated heterocycles. The van der Waals surface area contributed by atoms with Gasteiger partial charge in [0.2, 0.25) is 0 Å². The molecule has 24 heavy (non-hydrogen) atoms.